The molecule has 0 spiro atoms. The highest BCUT2D eigenvalue weighted by Crippen LogP contribution is 2.47. The molecule has 9 rings (SSSR count). The van der Waals surface area contributed by atoms with Crippen LogP contribution in [0.1, 0.15) is 0 Å². The van der Waals surface area contributed by atoms with Gasteiger partial charge in [0.15, 0.2) is 0 Å². The van der Waals surface area contributed by atoms with Crippen LogP contribution in [-0.4, -0.2) is 4.57 Å². The minimum Gasteiger partial charge on any atom is -0.309 e. The van der Waals surface area contributed by atoms with Crippen LogP contribution in [-0.2, 0) is 0 Å². The predicted molar refractivity (Wildman–Crippen MR) is 172 cm³/mol. The van der Waals surface area contributed by atoms with Crippen LogP contribution in [0.25, 0.3) is 79.0 Å². The molecule has 0 amide bonds. The third-order valence-corrected chi connectivity index (χ3v) is 10.3. The Bertz CT molecular complexity index is 2390. The molecule has 0 N–H and O–H groups in total. The number of hydrogen-bond acceptors (Lipinski definition) is 2. The zero-order valence-corrected chi connectivity index (χ0v) is 22.5. The number of nitrogens with zero attached hydrogens (tertiary/aromatic N) is 1. The fourth-order valence-corrected chi connectivity index (χ4v) is 8.78. The Morgan fingerprint density at radius 1 is 0.436 bits per heavy atom. The van der Waals surface area contributed by atoms with E-state index in [4.69, 9.17) is 0 Å². The van der Waals surface area contributed by atoms with Gasteiger partial charge >= 0.3 is 0 Å². The van der Waals surface area contributed by atoms with Gasteiger partial charge in [0.2, 0.25) is 0 Å². The zero-order chi connectivity index (χ0) is 25.5. The molecule has 1 nitrogen and oxygen atoms in total. The monoisotopic (exact) mass is 531 g/mol. The van der Waals surface area contributed by atoms with E-state index in [1.807, 2.05) is 22.7 Å². The summed E-state index contributed by atoms with van der Waals surface area (Å²) in [7, 11) is 0. The number of rotatable bonds is 2. The number of thiophene rings is 2. The van der Waals surface area contributed by atoms with E-state index in [9.17, 15) is 0 Å². The minimum atomic E-state index is 1.19. The second-order valence-electron chi connectivity index (χ2n) is 10.1. The summed E-state index contributed by atoms with van der Waals surface area (Å²) in [5.41, 5.74) is 6.22. The second kappa shape index (κ2) is 8.03. The lowest BCUT2D eigenvalue weighted by Gasteiger charge is -2.10. The predicted octanol–water partition coefficient (Wildman–Crippen LogP) is 11.2. The maximum Gasteiger partial charge on any atom is 0.0547 e. The summed E-state index contributed by atoms with van der Waals surface area (Å²) in [5.74, 6) is 0. The van der Waals surface area contributed by atoms with Gasteiger partial charge in [-0.15, -0.1) is 22.7 Å². The number of hydrogen-bond donors (Lipinski definition) is 0. The van der Waals surface area contributed by atoms with Crippen molar-refractivity contribution in [3.05, 3.63) is 127 Å². The molecule has 0 atom stereocenters. The van der Waals surface area contributed by atoms with Crippen LogP contribution in [0.3, 0.4) is 0 Å². The van der Waals surface area contributed by atoms with E-state index in [0.29, 0.717) is 0 Å². The maximum atomic E-state index is 2.41. The first-order chi connectivity index (χ1) is 19.3. The molecule has 39 heavy (non-hydrogen) atoms. The molecule has 0 bridgehead atoms. The summed E-state index contributed by atoms with van der Waals surface area (Å²) in [4.78, 5) is 0. The zero-order valence-electron chi connectivity index (χ0n) is 20.9. The molecule has 9 aromatic rings. The molecule has 0 fully saturated rings. The average Bonchev–Trinajstić information content (AvgIpc) is 3.66. The molecule has 3 aromatic heterocycles. The van der Waals surface area contributed by atoms with Gasteiger partial charge in [0.1, 0.15) is 0 Å². The second-order valence-corrected chi connectivity index (χ2v) is 12.3. The highest BCUT2D eigenvalue weighted by Gasteiger charge is 2.18. The lowest BCUT2D eigenvalue weighted by atomic mass is 9.97. The van der Waals surface area contributed by atoms with Crippen molar-refractivity contribution >= 4 is 84.8 Å². The minimum absolute atomic E-state index is 1.19. The van der Waals surface area contributed by atoms with Crippen molar-refractivity contribution in [3.63, 3.8) is 0 Å². The van der Waals surface area contributed by atoms with Crippen LogP contribution in [0.4, 0.5) is 0 Å². The molecule has 6 aromatic carbocycles. The van der Waals surface area contributed by atoms with E-state index in [1.165, 1.54) is 79.0 Å². The first-order valence-corrected chi connectivity index (χ1v) is 14.8. The summed E-state index contributed by atoms with van der Waals surface area (Å²) >= 11 is 3.83. The lowest BCUT2D eigenvalue weighted by molar-refractivity contribution is 1.18. The van der Waals surface area contributed by atoms with Gasteiger partial charge in [-0.1, -0.05) is 84.9 Å². The molecule has 3 heteroatoms. The molecule has 0 saturated heterocycles. The molecular weight excluding hydrogens is 511 g/mol. The Kier molecular flexibility index (Phi) is 4.43. The van der Waals surface area contributed by atoms with Crippen LogP contribution < -0.4 is 0 Å². The van der Waals surface area contributed by atoms with E-state index < -0.39 is 0 Å². The van der Waals surface area contributed by atoms with E-state index in [0.717, 1.165) is 0 Å². The lowest BCUT2D eigenvalue weighted by Crippen LogP contribution is -1.93. The van der Waals surface area contributed by atoms with Crippen molar-refractivity contribution in [1.29, 1.82) is 0 Å². The fourth-order valence-electron chi connectivity index (χ4n) is 6.32. The summed E-state index contributed by atoms with van der Waals surface area (Å²) in [6.07, 6.45) is 0. The summed E-state index contributed by atoms with van der Waals surface area (Å²) in [6.45, 7) is 0. The molecule has 182 valence electrons. The normalized spacial score (nSPS) is 12.1. The average molecular weight is 532 g/mol. The number of para-hydroxylation sites is 2. The first kappa shape index (κ1) is 21.5. The van der Waals surface area contributed by atoms with Crippen molar-refractivity contribution in [1.82, 2.24) is 4.57 Å². The number of benzene rings is 6. The molecule has 0 aliphatic heterocycles. The summed E-state index contributed by atoms with van der Waals surface area (Å²) in [6, 6.07) is 46.7. The van der Waals surface area contributed by atoms with Gasteiger partial charge in [-0.2, -0.15) is 0 Å². The van der Waals surface area contributed by atoms with Gasteiger partial charge in [0.05, 0.1) is 11.0 Å². The van der Waals surface area contributed by atoms with Crippen LogP contribution in [0.5, 0.6) is 0 Å². The van der Waals surface area contributed by atoms with E-state index in [1.54, 1.807) is 0 Å². The Morgan fingerprint density at radius 3 is 2.08 bits per heavy atom. The van der Waals surface area contributed by atoms with Crippen molar-refractivity contribution in [3.8, 4) is 16.8 Å². The molecule has 0 radical (unpaired) electrons. The van der Waals surface area contributed by atoms with Gasteiger partial charge in [0.25, 0.3) is 0 Å². The quantitative estimate of drug-likeness (QED) is 0.209. The number of aromatic nitrogens is 1. The van der Waals surface area contributed by atoms with E-state index >= 15 is 0 Å². The molecular formula is C36H21NS2. The Morgan fingerprint density at radius 2 is 1.15 bits per heavy atom. The SMILES string of the molecule is c1ccc(-n2c3ccccc3c3ccc(-c4cccc5sc6ccc7c8ccccc8sc7c6c45)cc32)cc1. The Balaban J connectivity index is 1.39. The van der Waals surface area contributed by atoms with Crippen molar-refractivity contribution in [2.45, 2.75) is 0 Å². The van der Waals surface area contributed by atoms with Gasteiger partial charge in [0, 0.05) is 56.8 Å². The molecule has 0 saturated carbocycles. The van der Waals surface area contributed by atoms with E-state index in [-0.39, 0.29) is 0 Å². The van der Waals surface area contributed by atoms with Gasteiger partial charge in [-0.25, -0.2) is 0 Å². The third kappa shape index (κ3) is 3.00. The van der Waals surface area contributed by atoms with Gasteiger partial charge in [-0.3, -0.25) is 0 Å². The summed E-state index contributed by atoms with van der Waals surface area (Å²) < 4.78 is 7.86. The Hall–Kier alpha value is -4.44. The van der Waals surface area contributed by atoms with Crippen molar-refractivity contribution in [2.75, 3.05) is 0 Å². The van der Waals surface area contributed by atoms with Crippen molar-refractivity contribution in [2.24, 2.45) is 0 Å². The molecule has 0 aliphatic carbocycles. The highest BCUT2D eigenvalue weighted by molar-refractivity contribution is 7.29. The van der Waals surface area contributed by atoms with E-state index in [2.05, 4.69) is 132 Å². The maximum absolute atomic E-state index is 2.41. The summed E-state index contributed by atoms with van der Waals surface area (Å²) in [5, 5.41) is 8.05. The third-order valence-electron chi connectivity index (χ3n) is 8.00. The number of fused-ring (bicyclic) bond motifs is 10. The fraction of sp³-hybridized carbons (Fsp3) is 0. The first-order valence-electron chi connectivity index (χ1n) is 13.2. The van der Waals surface area contributed by atoms with Crippen LogP contribution >= 0.6 is 22.7 Å². The van der Waals surface area contributed by atoms with Crippen LogP contribution in [0.2, 0.25) is 0 Å². The molecule has 0 aliphatic rings. The molecule has 3 heterocycles. The van der Waals surface area contributed by atoms with Gasteiger partial charge in [-0.05, 0) is 53.6 Å². The largest absolute Gasteiger partial charge is 0.309 e. The smallest absolute Gasteiger partial charge is 0.0547 e. The Labute approximate surface area is 232 Å². The van der Waals surface area contributed by atoms with Gasteiger partial charge < -0.3 is 4.57 Å². The standard InChI is InChI=1S/C36H21NS2/c1-2-9-23(10-3-1)37-29-14-6-4-11-25(29)26-18-17-22(21-30(26)37)24-13-8-16-32-34(24)35-33(38-32)20-19-28-27-12-5-7-15-31(27)39-36(28)35/h1-21H. The van der Waals surface area contributed by atoms with Crippen LogP contribution in [0.15, 0.2) is 127 Å². The topological polar surface area (TPSA) is 4.93 Å². The van der Waals surface area contributed by atoms with Crippen LogP contribution in [0, 0.1) is 0 Å². The molecule has 0 unspecified atom stereocenters. The van der Waals surface area contributed by atoms with Crippen molar-refractivity contribution < 1.29 is 0 Å². The highest BCUT2D eigenvalue weighted by atomic mass is 32.1.